The predicted octanol–water partition coefficient (Wildman–Crippen LogP) is 1.46. The average molecular weight is 476 g/mol. The molecule has 0 heterocycles. The van der Waals surface area contributed by atoms with E-state index in [0.29, 0.717) is 11.1 Å². The molecule has 0 saturated heterocycles. The predicted molar refractivity (Wildman–Crippen MR) is 118 cm³/mol. The molecule has 8 nitrogen and oxygen atoms in total. The van der Waals surface area contributed by atoms with Crippen molar-refractivity contribution in [3.63, 3.8) is 0 Å². The number of halogens is 2. The van der Waals surface area contributed by atoms with E-state index in [1.54, 1.807) is 60.7 Å². The fraction of sp³-hybridized carbons (Fsp3) is 0.333. The molecule has 0 spiro atoms. The van der Waals surface area contributed by atoms with Gasteiger partial charge in [-0.05, 0) is 11.1 Å². The van der Waals surface area contributed by atoms with Crippen LogP contribution in [0.25, 0.3) is 0 Å². The van der Waals surface area contributed by atoms with E-state index in [1.165, 1.54) is 0 Å². The van der Waals surface area contributed by atoms with Crippen LogP contribution in [-0.2, 0) is 41.5 Å². The summed E-state index contributed by atoms with van der Waals surface area (Å²) in [6, 6.07) is 14.5. The topological polar surface area (TPSA) is 111 Å². The van der Waals surface area contributed by atoms with E-state index in [0.717, 1.165) is 14.2 Å². The zero-order valence-electron chi connectivity index (χ0n) is 18.7. The van der Waals surface area contributed by atoms with Gasteiger partial charge in [0.2, 0.25) is 12.3 Å². The van der Waals surface area contributed by atoms with E-state index >= 15 is 0 Å². The van der Waals surface area contributed by atoms with Crippen molar-refractivity contribution < 1.29 is 37.4 Å². The number of alkyl halides is 2. The SMILES string of the molecule is COC(=O)[C@H](Cc1ccccc1)NC(=O)[C@@H](F)[C@@H](F)C(=O)N[C@@H](Cc1ccccc1)C(=O)OC. The number of benzene rings is 2. The zero-order chi connectivity index (χ0) is 25.1. The van der Waals surface area contributed by atoms with Gasteiger partial charge >= 0.3 is 11.9 Å². The lowest BCUT2D eigenvalue weighted by Gasteiger charge is -2.21. The third-order valence-electron chi connectivity index (χ3n) is 4.93. The number of amides is 2. The number of hydrogen-bond donors (Lipinski definition) is 2. The van der Waals surface area contributed by atoms with Crippen LogP contribution in [0.2, 0.25) is 0 Å². The van der Waals surface area contributed by atoms with Crippen LogP contribution >= 0.6 is 0 Å². The molecule has 0 bridgehead atoms. The number of carbonyl (C=O) groups excluding carboxylic acids is 4. The highest BCUT2D eigenvalue weighted by Gasteiger charge is 2.38. The highest BCUT2D eigenvalue weighted by Crippen LogP contribution is 2.11. The molecule has 4 atom stereocenters. The van der Waals surface area contributed by atoms with Crippen molar-refractivity contribution in [2.45, 2.75) is 37.3 Å². The van der Waals surface area contributed by atoms with Crippen LogP contribution < -0.4 is 10.6 Å². The van der Waals surface area contributed by atoms with Crippen molar-refractivity contribution in [2.75, 3.05) is 14.2 Å². The molecule has 2 N–H and O–H groups in total. The van der Waals surface area contributed by atoms with Gasteiger partial charge in [-0.3, -0.25) is 9.59 Å². The summed E-state index contributed by atoms with van der Waals surface area (Å²) >= 11 is 0. The highest BCUT2D eigenvalue weighted by molar-refractivity contribution is 5.94. The molecule has 0 aliphatic carbocycles. The standard InChI is InChI=1S/C24H26F2N2O6/c1-33-23(31)17(13-15-9-5-3-6-10-15)27-21(29)19(25)20(26)22(30)28-18(24(32)34-2)14-16-11-7-4-8-12-16/h3-12,17-20H,13-14H2,1-2H3,(H,27,29)(H,28,30)/t17-,18-,19-,20+/m0/s1. The number of ether oxygens (including phenoxy) is 2. The number of esters is 2. The number of carbonyl (C=O) groups is 4. The first kappa shape index (κ1) is 26.4. The minimum absolute atomic E-state index is 0.0311. The van der Waals surface area contributed by atoms with Gasteiger partial charge in [0.15, 0.2) is 0 Å². The molecule has 0 aliphatic rings. The maximum Gasteiger partial charge on any atom is 0.328 e. The van der Waals surface area contributed by atoms with Gasteiger partial charge in [-0.1, -0.05) is 60.7 Å². The Hall–Kier alpha value is -3.82. The van der Waals surface area contributed by atoms with Gasteiger partial charge in [-0.15, -0.1) is 0 Å². The quantitative estimate of drug-likeness (QED) is 0.475. The van der Waals surface area contributed by atoms with Crippen molar-refractivity contribution in [2.24, 2.45) is 0 Å². The number of hydrogen-bond acceptors (Lipinski definition) is 6. The summed E-state index contributed by atoms with van der Waals surface area (Å²) in [5.74, 6) is -4.74. The molecule has 2 amide bonds. The van der Waals surface area contributed by atoms with E-state index in [4.69, 9.17) is 0 Å². The second-order valence-electron chi connectivity index (χ2n) is 7.35. The van der Waals surface area contributed by atoms with Crippen LogP contribution in [-0.4, -0.2) is 62.4 Å². The van der Waals surface area contributed by atoms with Crippen molar-refractivity contribution >= 4 is 23.8 Å². The Bertz CT molecular complexity index is 894. The molecule has 182 valence electrons. The molecule has 2 rings (SSSR count). The summed E-state index contributed by atoms with van der Waals surface area (Å²) in [7, 11) is 2.18. The molecular weight excluding hydrogens is 450 g/mol. The molecule has 0 aliphatic heterocycles. The first-order valence-corrected chi connectivity index (χ1v) is 10.4. The maximum atomic E-state index is 14.6. The van der Waals surface area contributed by atoms with Crippen LogP contribution in [0.1, 0.15) is 11.1 Å². The monoisotopic (exact) mass is 476 g/mol. The Kier molecular flexibility index (Phi) is 10.1. The molecule has 2 aromatic rings. The fourth-order valence-corrected chi connectivity index (χ4v) is 3.14. The van der Waals surface area contributed by atoms with Crippen molar-refractivity contribution in [3.05, 3.63) is 71.8 Å². The zero-order valence-corrected chi connectivity index (χ0v) is 18.7. The summed E-state index contributed by atoms with van der Waals surface area (Å²) in [6.45, 7) is 0. The molecular formula is C24H26F2N2O6. The first-order chi connectivity index (χ1) is 16.3. The van der Waals surface area contributed by atoms with E-state index in [1.807, 2.05) is 0 Å². The lowest BCUT2D eigenvalue weighted by atomic mass is 10.0. The molecule has 0 aromatic heterocycles. The van der Waals surface area contributed by atoms with Gasteiger partial charge in [-0.25, -0.2) is 18.4 Å². The average Bonchev–Trinajstić information content (AvgIpc) is 2.87. The highest BCUT2D eigenvalue weighted by atomic mass is 19.2. The van der Waals surface area contributed by atoms with Gasteiger partial charge < -0.3 is 20.1 Å². The smallest absolute Gasteiger partial charge is 0.328 e. The van der Waals surface area contributed by atoms with Crippen molar-refractivity contribution in [1.29, 1.82) is 0 Å². The summed E-state index contributed by atoms with van der Waals surface area (Å²) < 4.78 is 38.3. The molecule has 34 heavy (non-hydrogen) atoms. The molecule has 0 fully saturated rings. The molecule has 10 heteroatoms. The Morgan fingerprint density at radius 2 is 1.00 bits per heavy atom. The van der Waals surface area contributed by atoms with Crippen LogP contribution in [0, 0.1) is 0 Å². The van der Waals surface area contributed by atoms with Gasteiger partial charge in [0.1, 0.15) is 12.1 Å². The second kappa shape index (κ2) is 13.0. The normalized spacial score (nSPS) is 14.1. The summed E-state index contributed by atoms with van der Waals surface area (Å²) in [4.78, 5) is 48.6. The van der Waals surface area contributed by atoms with E-state index in [2.05, 4.69) is 20.1 Å². The van der Waals surface area contributed by atoms with Crippen LogP contribution in [0.15, 0.2) is 60.7 Å². The van der Waals surface area contributed by atoms with Crippen LogP contribution in [0.5, 0.6) is 0 Å². The Labute approximate surface area is 195 Å². The van der Waals surface area contributed by atoms with Gasteiger partial charge in [0, 0.05) is 12.8 Å². The maximum absolute atomic E-state index is 14.6. The number of methoxy groups -OCH3 is 2. The minimum atomic E-state index is -2.93. The fourth-order valence-electron chi connectivity index (χ4n) is 3.14. The Morgan fingerprint density at radius 3 is 1.29 bits per heavy atom. The third kappa shape index (κ3) is 7.65. The lowest BCUT2D eigenvalue weighted by Crippen LogP contribution is -2.53. The second-order valence-corrected chi connectivity index (χ2v) is 7.35. The third-order valence-corrected chi connectivity index (χ3v) is 4.93. The Balaban J connectivity index is 2.04. The van der Waals surface area contributed by atoms with E-state index in [9.17, 15) is 28.0 Å². The van der Waals surface area contributed by atoms with Gasteiger partial charge in [-0.2, -0.15) is 0 Å². The number of nitrogens with one attached hydrogen (secondary N) is 2. The van der Waals surface area contributed by atoms with Crippen molar-refractivity contribution in [1.82, 2.24) is 10.6 Å². The molecule has 2 aromatic carbocycles. The lowest BCUT2D eigenvalue weighted by molar-refractivity contribution is -0.148. The van der Waals surface area contributed by atoms with E-state index in [-0.39, 0.29) is 12.8 Å². The van der Waals surface area contributed by atoms with Crippen molar-refractivity contribution in [3.8, 4) is 0 Å². The van der Waals surface area contributed by atoms with E-state index < -0.39 is 48.2 Å². The van der Waals surface area contributed by atoms with Gasteiger partial charge in [0.05, 0.1) is 14.2 Å². The molecule has 0 saturated carbocycles. The Morgan fingerprint density at radius 1 is 0.676 bits per heavy atom. The molecule has 0 radical (unpaired) electrons. The largest absolute Gasteiger partial charge is 0.467 e. The van der Waals surface area contributed by atoms with Gasteiger partial charge in [0.25, 0.3) is 11.8 Å². The number of rotatable bonds is 11. The summed E-state index contributed by atoms with van der Waals surface area (Å²) in [6.07, 6.45) is -5.93. The summed E-state index contributed by atoms with van der Waals surface area (Å²) in [5, 5.41) is 4.16. The molecule has 0 unspecified atom stereocenters. The van der Waals surface area contributed by atoms with Crippen LogP contribution in [0.3, 0.4) is 0 Å². The van der Waals surface area contributed by atoms with Crippen LogP contribution in [0.4, 0.5) is 8.78 Å². The summed E-state index contributed by atoms with van der Waals surface area (Å²) in [5.41, 5.74) is 1.29. The minimum Gasteiger partial charge on any atom is -0.467 e. The first-order valence-electron chi connectivity index (χ1n) is 10.4.